The molecule has 0 amide bonds. The van der Waals surface area contributed by atoms with Gasteiger partial charge in [-0.25, -0.2) is 4.99 Å². The molecule has 7 heteroatoms. The van der Waals surface area contributed by atoms with Gasteiger partial charge in [-0.1, -0.05) is 11.8 Å². The standard InChI is InChI=1S/C6H7N3O2S2/c10-9(11)4-3-13-6(8-4)5-7-1-2-12-5/h4H,1-3H2. The lowest BCUT2D eigenvalue weighted by atomic mass is 10.6. The molecule has 0 fully saturated rings. The van der Waals surface area contributed by atoms with Gasteiger partial charge >= 0.3 is 6.17 Å². The SMILES string of the molecule is O=[N+]([O-])C1CSC(C2=NCCS2)=N1. The van der Waals surface area contributed by atoms with Gasteiger partial charge in [-0.15, -0.1) is 11.8 Å². The summed E-state index contributed by atoms with van der Waals surface area (Å²) >= 11 is 3.06. The Morgan fingerprint density at radius 1 is 1.46 bits per heavy atom. The Morgan fingerprint density at radius 2 is 2.31 bits per heavy atom. The zero-order valence-electron chi connectivity index (χ0n) is 6.67. The molecule has 0 aliphatic carbocycles. The summed E-state index contributed by atoms with van der Waals surface area (Å²) in [4.78, 5) is 18.3. The fraction of sp³-hybridized carbons (Fsp3) is 0.667. The molecule has 1 unspecified atom stereocenters. The summed E-state index contributed by atoms with van der Waals surface area (Å²) in [7, 11) is 0. The van der Waals surface area contributed by atoms with E-state index in [1.165, 1.54) is 11.8 Å². The summed E-state index contributed by atoms with van der Waals surface area (Å²) in [5.41, 5.74) is 0. The molecule has 2 rings (SSSR count). The number of nitro groups is 1. The van der Waals surface area contributed by atoms with Crippen molar-refractivity contribution in [2.24, 2.45) is 9.98 Å². The molecule has 2 aliphatic rings. The van der Waals surface area contributed by atoms with E-state index in [-0.39, 0.29) is 4.92 Å². The molecule has 2 aliphatic heterocycles. The molecule has 0 aromatic rings. The first-order valence-electron chi connectivity index (χ1n) is 3.79. The van der Waals surface area contributed by atoms with E-state index in [4.69, 9.17) is 0 Å². The van der Waals surface area contributed by atoms with Crippen molar-refractivity contribution in [2.75, 3.05) is 18.1 Å². The molecule has 0 spiro atoms. The molecular formula is C6H7N3O2S2. The Bertz CT molecular complexity index is 302. The predicted molar refractivity (Wildman–Crippen MR) is 55.4 cm³/mol. The molecule has 1 atom stereocenters. The van der Waals surface area contributed by atoms with E-state index in [0.29, 0.717) is 5.75 Å². The number of hydrogen-bond acceptors (Lipinski definition) is 6. The third-order valence-electron chi connectivity index (χ3n) is 1.65. The molecule has 13 heavy (non-hydrogen) atoms. The van der Waals surface area contributed by atoms with E-state index in [2.05, 4.69) is 9.98 Å². The summed E-state index contributed by atoms with van der Waals surface area (Å²) in [5.74, 6) is 1.42. The number of rotatable bonds is 2. The fourth-order valence-electron chi connectivity index (χ4n) is 1.05. The predicted octanol–water partition coefficient (Wildman–Crippen LogP) is 0.880. The highest BCUT2D eigenvalue weighted by molar-refractivity contribution is 8.25. The molecule has 0 aromatic carbocycles. The molecule has 5 nitrogen and oxygen atoms in total. The van der Waals surface area contributed by atoms with Crippen LogP contribution in [0.2, 0.25) is 0 Å². The normalized spacial score (nSPS) is 27.2. The molecule has 0 N–H and O–H groups in total. The largest absolute Gasteiger partial charge is 0.314 e. The first kappa shape index (κ1) is 9.01. The Hall–Kier alpha value is -0.560. The number of nitrogens with zero attached hydrogens (tertiary/aromatic N) is 3. The van der Waals surface area contributed by atoms with Crippen LogP contribution >= 0.6 is 23.5 Å². The molecule has 0 saturated carbocycles. The number of aliphatic imine (C=N–C) groups is 2. The van der Waals surface area contributed by atoms with Gasteiger partial charge in [-0.05, 0) is 0 Å². The zero-order chi connectivity index (χ0) is 9.26. The van der Waals surface area contributed by atoms with Gasteiger partial charge in [0.1, 0.15) is 10.1 Å². The maximum atomic E-state index is 10.4. The van der Waals surface area contributed by atoms with E-state index in [1.54, 1.807) is 11.8 Å². The van der Waals surface area contributed by atoms with Gasteiger partial charge in [0.15, 0.2) is 0 Å². The van der Waals surface area contributed by atoms with Crippen LogP contribution in [0, 0.1) is 10.1 Å². The van der Waals surface area contributed by atoms with Crippen molar-refractivity contribution in [3.05, 3.63) is 10.1 Å². The molecule has 0 aromatic heterocycles. The van der Waals surface area contributed by atoms with Gasteiger partial charge in [0.05, 0.1) is 5.75 Å². The van der Waals surface area contributed by atoms with Gasteiger partial charge in [0, 0.05) is 17.2 Å². The average molecular weight is 217 g/mol. The van der Waals surface area contributed by atoms with Crippen LogP contribution in [0.4, 0.5) is 0 Å². The van der Waals surface area contributed by atoms with Crippen LogP contribution in [0.3, 0.4) is 0 Å². The molecule has 70 valence electrons. The average Bonchev–Trinajstić information content (AvgIpc) is 2.75. The second-order valence-corrected chi connectivity index (χ2v) is 4.64. The third kappa shape index (κ3) is 1.86. The summed E-state index contributed by atoms with van der Waals surface area (Å²) < 4.78 is 0. The van der Waals surface area contributed by atoms with E-state index in [0.717, 1.165) is 22.4 Å². The van der Waals surface area contributed by atoms with E-state index in [1.807, 2.05) is 0 Å². The van der Waals surface area contributed by atoms with Crippen LogP contribution in [0.25, 0.3) is 0 Å². The smallest absolute Gasteiger partial charge is 0.275 e. The fourth-order valence-corrected chi connectivity index (χ4v) is 3.03. The first-order chi connectivity index (χ1) is 6.27. The van der Waals surface area contributed by atoms with Crippen LogP contribution in [-0.4, -0.2) is 39.2 Å². The Balaban J connectivity index is 2.09. The quantitative estimate of drug-likeness (QED) is 0.508. The highest BCUT2D eigenvalue weighted by Gasteiger charge is 2.30. The van der Waals surface area contributed by atoms with E-state index in [9.17, 15) is 10.1 Å². The Kier molecular flexibility index (Phi) is 2.54. The van der Waals surface area contributed by atoms with Gasteiger partial charge in [-0.2, -0.15) is 0 Å². The van der Waals surface area contributed by atoms with Crippen molar-refractivity contribution in [2.45, 2.75) is 6.17 Å². The molecule has 0 bridgehead atoms. The Labute approximate surface area is 83.2 Å². The third-order valence-corrected chi connectivity index (χ3v) is 3.80. The summed E-state index contributed by atoms with van der Waals surface area (Å²) in [6.45, 7) is 0.808. The Morgan fingerprint density at radius 3 is 2.85 bits per heavy atom. The second-order valence-electron chi connectivity index (χ2n) is 2.55. The molecular weight excluding hydrogens is 210 g/mol. The van der Waals surface area contributed by atoms with Gasteiger partial charge in [0.2, 0.25) is 0 Å². The van der Waals surface area contributed by atoms with Gasteiger partial charge < -0.3 is 0 Å². The van der Waals surface area contributed by atoms with Crippen LogP contribution in [0.15, 0.2) is 9.98 Å². The first-order valence-corrected chi connectivity index (χ1v) is 5.76. The summed E-state index contributed by atoms with van der Waals surface area (Å²) in [6, 6.07) is 0. The lowest BCUT2D eigenvalue weighted by molar-refractivity contribution is -0.513. The van der Waals surface area contributed by atoms with Crippen molar-refractivity contribution < 1.29 is 4.92 Å². The van der Waals surface area contributed by atoms with Crippen molar-refractivity contribution in [1.29, 1.82) is 0 Å². The van der Waals surface area contributed by atoms with Crippen LogP contribution in [0.1, 0.15) is 0 Å². The van der Waals surface area contributed by atoms with Crippen LogP contribution in [0.5, 0.6) is 0 Å². The highest BCUT2D eigenvalue weighted by Crippen LogP contribution is 2.25. The molecule has 2 heterocycles. The molecule has 0 saturated heterocycles. The highest BCUT2D eigenvalue weighted by atomic mass is 32.2. The van der Waals surface area contributed by atoms with E-state index >= 15 is 0 Å². The van der Waals surface area contributed by atoms with Gasteiger partial charge in [-0.3, -0.25) is 15.1 Å². The summed E-state index contributed by atoms with van der Waals surface area (Å²) in [6.07, 6.45) is -0.760. The second kappa shape index (κ2) is 3.67. The topological polar surface area (TPSA) is 67.9 Å². The minimum atomic E-state index is -0.760. The number of hydrogen-bond donors (Lipinski definition) is 0. The monoisotopic (exact) mass is 217 g/mol. The van der Waals surface area contributed by atoms with Crippen molar-refractivity contribution in [3.8, 4) is 0 Å². The zero-order valence-corrected chi connectivity index (χ0v) is 8.31. The minimum absolute atomic E-state index is 0.347. The van der Waals surface area contributed by atoms with Gasteiger partial charge in [0.25, 0.3) is 0 Å². The maximum absolute atomic E-state index is 10.4. The van der Waals surface area contributed by atoms with Crippen molar-refractivity contribution >= 4 is 33.6 Å². The lowest BCUT2D eigenvalue weighted by Crippen LogP contribution is -2.16. The summed E-state index contributed by atoms with van der Waals surface area (Å²) in [5, 5.41) is 12.0. The van der Waals surface area contributed by atoms with Crippen LogP contribution in [-0.2, 0) is 0 Å². The van der Waals surface area contributed by atoms with E-state index < -0.39 is 6.17 Å². The van der Waals surface area contributed by atoms with Crippen LogP contribution < -0.4 is 0 Å². The lowest BCUT2D eigenvalue weighted by Gasteiger charge is -1.93. The number of thioether (sulfide) groups is 2. The van der Waals surface area contributed by atoms with Crippen molar-refractivity contribution in [1.82, 2.24) is 0 Å². The maximum Gasteiger partial charge on any atom is 0.314 e. The van der Waals surface area contributed by atoms with Crippen molar-refractivity contribution in [3.63, 3.8) is 0 Å². The molecule has 0 radical (unpaired) electrons. The minimum Gasteiger partial charge on any atom is -0.275 e.